The summed E-state index contributed by atoms with van der Waals surface area (Å²) in [4.78, 5) is 4.20. The molecule has 1 atom stereocenters. The van der Waals surface area contributed by atoms with Gasteiger partial charge in [0.2, 0.25) is 5.88 Å². The Hall–Kier alpha value is -2.03. The Morgan fingerprint density at radius 2 is 2.00 bits per heavy atom. The average molecular weight is 256 g/mol. The van der Waals surface area contributed by atoms with E-state index in [1.165, 1.54) is 16.7 Å². The highest BCUT2D eigenvalue weighted by Crippen LogP contribution is 2.27. The number of hydrogen-bond acceptors (Lipinski definition) is 3. The number of nitrogens with zero attached hydrogens (tertiary/aromatic N) is 1. The minimum Gasteiger partial charge on any atom is -0.480 e. The van der Waals surface area contributed by atoms with Gasteiger partial charge in [0.15, 0.2) is 0 Å². The Morgan fingerprint density at radius 1 is 1.21 bits per heavy atom. The molecule has 0 amide bonds. The fourth-order valence-corrected chi connectivity index (χ4v) is 2.29. The maximum atomic E-state index is 5.26. The number of ether oxygens (including phenoxy) is 1. The zero-order chi connectivity index (χ0) is 13.8. The molecule has 0 radical (unpaired) electrons. The Morgan fingerprint density at radius 3 is 2.68 bits per heavy atom. The number of pyridine rings is 1. The Balaban J connectivity index is 2.23. The van der Waals surface area contributed by atoms with Crippen molar-refractivity contribution in [3.05, 3.63) is 53.2 Å². The molecule has 2 rings (SSSR count). The summed E-state index contributed by atoms with van der Waals surface area (Å²) in [5.41, 5.74) is 4.78. The van der Waals surface area contributed by atoms with Crippen molar-refractivity contribution in [2.24, 2.45) is 0 Å². The minimum absolute atomic E-state index is 0.207. The second-order valence-electron chi connectivity index (χ2n) is 4.79. The van der Waals surface area contributed by atoms with Gasteiger partial charge in [-0.05, 0) is 44.0 Å². The highest BCUT2D eigenvalue weighted by Gasteiger charge is 2.11. The van der Waals surface area contributed by atoms with Gasteiger partial charge < -0.3 is 10.1 Å². The maximum absolute atomic E-state index is 5.26. The van der Waals surface area contributed by atoms with E-state index in [2.05, 4.69) is 49.3 Å². The third-order valence-electron chi connectivity index (χ3n) is 3.23. The van der Waals surface area contributed by atoms with Crippen LogP contribution in [0.3, 0.4) is 0 Å². The molecule has 0 bridgehead atoms. The molecule has 0 saturated heterocycles. The summed E-state index contributed by atoms with van der Waals surface area (Å²) >= 11 is 0. The predicted octanol–water partition coefficient (Wildman–Crippen LogP) is 3.88. The van der Waals surface area contributed by atoms with Crippen molar-refractivity contribution < 1.29 is 4.74 Å². The van der Waals surface area contributed by atoms with E-state index in [4.69, 9.17) is 4.74 Å². The maximum Gasteiger partial charge on any atom is 0.237 e. The zero-order valence-corrected chi connectivity index (χ0v) is 11.9. The van der Waals surface area contributed by atoms with Crippen LogP contribution in [0.4, 0.5) is 5.69 Å². The topological polar surface area (TPSA) is 34.1 Å². The molecule has 3 heteroatoms. The first-order valence-electron chi connectivity index (χ1n) is 6.44. The van der Waals surface area contributed by atoms with Gasteiger partial charge in [0, 0.05) is 12.2 Å². The molecule has 19 heavy (non-hydrogen) atoms. The predicted molar refractivity (Wildman–Crippen MR) is 78.7 cm³/mol. The number of benzene rings is 1. The van der Waals surface area contributed by atoms with Crippen LogP contribution >= 0.6 is 0 Å². The van der Waals surface area contributed by atoms with Crippen LogP contribution in [0, 0.1) is 13.8 Å². The van der Waals surface area contributed by atoms with E-state index < -0.39 is 0 Å². The third-order valence-corrected chi connectivity index (χ3v) is 3.23. The van der Waals surface area contributed by atoms with Crippen molar-refractivity contribution in [1.82, 2.24) is 4.98 Å². The highest BCUT2D eigenvalue weighted by molar-refractivity contribution is 5.54. The van der Waals surface area contributed by atoms with E-state index >= 15 is 0 Å². The lowest BCUT2D eigenvalue weighted by atomic mass is 10.0. The monoisotopic (exact) mass is 256 g/mol. The molecule has 1 heterocycles. The van der Waals surface area contributed by atoms with Crippen LogP contribution in [-0.2, 0) is 0 Å². The normalized spacial score (nSPS) is 12.0. The van der Waals surface area contributed by atoms with Crippen molar-refractivity contribution >= 4 is 5.69 Å². The molecular weight excluding hydrogens is 236 g/mol. The summed E-state index contributed by atoms with van der Waals surface area (Å²) in [5, 5.41) is 3.45. The SMILES string of the molecule is COc1ncccc1NC(C)c1ccc(C)cc1C. The lowest BCUT2D eigenvalue weighted by Gasteiger charge is -2.19. The van der Waals surface area contributed by atoms with E-state index in [9.17, 15) is 0 Å². The number of hydrogen-bond donors (Lipinski definition) is 1. The van der Waals surface area contributed by atoms with Gasteiger partial charge >= 0.3 is 0 Å². The number of aryl methyl sites for hydroxylation is 2. The number of rotatable bonds is 4. The number of nitrogens with one attached hydrogen (secondary N) is 1. The van der Waals surface area contributed by atoms with Crippen molar-refractivity contribution in [3.8, 4) is 5.88 Å². The lowest BCUT2D eigenvalue weighted by molar-refractivity contribution is 0.399. The van der Waals surface area contributed by atoms with Crippen LogP contribution in [0.1, 0.15) is 29.7 Å². The molecular formula is C16H20N2O. The molecule has 0 saturated carbocycles. The van der Waals surface area contributed by atoms with Gasteiger partial charge in [0.05, 0.1) is 12.8 Å². The van der Waals surface area contributed by atoms with Gasteiger partial charge in [0.1, 0.15) is 0 Å². The van der Waals surface area contributed by atoms with Crippen LogP contribution in [0.2, 0.25) is 0 Å². The molecule has 1 unspecified atom stereocenters. The highest BCUT2D eigenvalue weighted by atomic mass is 16.5. The molecule has 1 aromatic carbocycles. The second kappa shape index (κ2) is 5.74. The van der Waals surface area contributed by atoms with Gasteiger partial charge in [0.25, 0.3) is 0 Å². The van der Waals surface area contributed by atoms with Crippen molar-refractivity contribution in [2.75, 3.05) is 12.4 Å². The fourth-order valence-electron chi connectivity index (χ4n) is 2.29. The molecule has 3 nitrogen and oxygen atoms in total. The van der Waals surface area contributed by atoms with Gasteiger partial charge in [-0.1, -0.05) is 23.8 Å². The summed E-state index contributed by atoms with van der Waals surface area (Å²) in [6.07, 6.45) is 1.73. The molecule has 100 valence electrons. The second-order valence-corrected chi connectivity index (χ2v) is 4.79. The quantitative estimate of drug-likeness (QED) is 0.901. The molecule has 1 aromatic heterocycles. The molecule has 0 spiro atoms. The Labute approximate surface area is 114 Å². The molecule has 2 aromatic rings. The molecule has 0 aliphatic carbocycles. The summed E-state index contributed by atoms with van der Waals surface area (Å²) < 4.78 is 5.26. The van der Waals surface area contributed by atoms with Gasteiger partial charge in [-0.2, -0.15) is 0 Å². The van der Waals surface area contributed by atoms with E-state index in [0.717, 1.165) is 5.69 Å². The van der Waals surface area contributed by atoms with E-state index in [1.54, 1.807) is 13.3 Å². The summed E-state index contributed by atoms with van der Waals surface area (Å²) in [7, 11) is 1.63. The van der Waals surface area contributed by atoms with Crippen LogP contribution in [0.15, 0.2) is 36.5 Å². The van der Waals surface area contributed by atoms with E-state index in [0.29, 0.717) is 5.88 Å². The largest absolute Gasteiger partial charge is 0.480 e. The number of anilines is 1. The van der Waals surface area contributed by atoms with Crippen LogP contribution in [0.5, 0.6) is 5.88 Å². The summed E-state index contributed by atoms with van der Waals surface area (Å²) in [5.74, 6) is 0.624. The van der Waals surface area contributed by atoms with Gasteiger partial charge in [-0.25, -0.2) is 4.98 Å². The molecule has 0 aliphatic heterocycles. The first kappa shape index (κ1) is 13.4. The summed E-state index contributed by atoms with van der Waals surface area (Å²) in [6.45, 7) is 6.39. The smallest absolute Gasteiger partial charge is 0.237 e. The van der Waals surface area contributed by atoms with E-state index in [-0.39, 0.29) is 6.04 Å². The molecule has 1 N–H and O–H groups in total. The molecule has 0 aliphatic rings. The van der Waals surface area contributed by atoms with Crippen molar-refractivity contribution in [2.45, 2.75) is 26.8 Å². The van der Waals surface area contributed by atoms with Crippen LogP contribution in [-0.4, -0.2) is 12.1 Å². The van der Waals surface area contributed by atoms with Crippen LogP contribution < -0.4 is 10.1 Å². The summed E-state index contributed by atoms with van der Waals surface area (Å²) in [6, 6.07) is 10.6. The first-order chi connectivity index (χ1) is 9.11. The lowest BCUT2D eigenvalue weighted by Crippen LogP contribution is -2.09. The Bertz CT molecular complexity index is 566. The molecule has 0 fully saturated rings. The first-order valence-corrected chi connectivity index (χ1v) is 6.44. The third kappa shape index (κ3) is 3.05. The van der Waals surface area contributed by atoms with Gasteiger partial charge in [-0.3, -0.25) is 0 Å². The van der Waals surface area contributed by atoms with Crippen LogP contribution in [0.25, 0.3) is 0 Å². The minimum atomic E-state index is 0.207. The fraction of sp³-hybridized carbons (Fsp3) is 0.312. The standard InChI is InChI=1S/C16H20N2O/c1-11-7-8-14(12(2)10-11)13(3)18-15-6-5-9-17-16(15)19-4/h5-10,13,18H,1-4H3. The zero-order valence-electron chi connectivity index (χ0n) is 11.9. The van der Waals surface area contributed by atoms with Crippen molar-refractivity contribution in [3.63, 3.8) is 0 Å². The van der Waals surface area contributed by atoms with E-state index in [1.807, 2.05) is 12.1 Å². The number of methoxy groups -OCH3 is 1. The average Bonchev–Trinajstić information content (AvgIpc) is 2.39. The number of aromatic nitrogens is 1. The Kier molecular flexibility index (Phi) is 4.05. The van der Waals surface area contributed by atoms with Crippen molar-refractivity contribution in [1.29, 1.82) is 0 Å². The van der Waals surface area contributed by atoms with Gasteiger partial charge in [-0.15, -0.1) is 0 Å².